The first kappa shape index (κ1) is 20.6. The molecule has 1 N–H and O–H groups in total. The van der Waals surface area contributed by atoms with Crippen molar-refractivity contribution in [3.05, 3.63) is 53.6 Å². The zero-order valence-electron chi connectivity index (χ0n) is 16.9. The summed E-state index contributed by atoms with van der Waals surface area (Å²) in [5.74, 6) is 0.314. The van der Waals surface area contributed by atoms with E-state index in [0.29, 0.717) is 35.7 Å². The van der Waals surface area contributed by atoms with Crippen molar-refractivity contribution in [1.29, 1.82) is 0 Å². The molecule has 0 atom stereocenters. The number of ketones is 1. The quantitative estimate of drug-likeness (QED) is 0.687. The van der Waals surface area contributed by atoms with Gasteiger partial charge in [0.15, 0.2) is 5.78 Å². The molecule has 6 nitrogen and oxygen atoms in total. The zero-order valence-corrected chi connectivity index (χ0v) is 16.9. The number of amides is 2. The highest BCUT2D eigenvalue weighted by Crippen LogP contribution is 2.33. The minimum Gasteiger partial charge on any atom is -0.494 e. The number of rotatable bonds is 8. The number of hydrogen-bond donors (Lipinski definition) is 1. The molecule has 0 radical (unpaired) electrons. The summed E-state index contributed by atoms with van der Waals surface area (Å²) in [5, 5.41) is 2.80. The van der Waals surface area contributed by atoms with Crippen LogP contribution in [0, 0.1) is 0 Å². The Labute approximate surface area is 170 Å². The van der Waals surface area contributed by atoms with Crippen molar-refractivity contribution in [2.75, 3.05) is 23.9 Å². The van der Waals surface area contributed by atoms with Crippen molar-refractivity contribution < 1.29 is 19.1 Å². The van der Waals surface area contributed by atoms with Gasteiger partial charge >= 0.3 is 0 Å². The molecule has 0 aliphatic carbocycles. The fraction of sp³-hybridized carbons (Fsp3) is 0.348. The fourth-order valence-corrected chi connectivity index (χ4v) is 3.40. The van der Waals surface area contributed by atoms with Crippen LogP contribution in [0.15, 0.2) is 42.5 Å². The molecule has 1 aliphatic heterocycles. The molecule has 6 heteroatoms. The third-order valence-corrected chi connectivity index (χ3v) is 5.09. The predicted octanol–water partition coefficient (Wildman–Crippen LogP) is 3.99. The standard InChI is InChI=1S/C23H26N2O4/c1-3-16-6-8-17(9-7-16)20(26)12-13-22(27)24-18-10-11-19(21(15-18)29-2)25-14-4-5-23(25)28/h6-11,15H,3-5,12-14H2,1-2H3,(H,24,27). The van der Waals surface area contributed by atoms with Gasteiger partial charge in [-0.15, -0.1) is 0 Å². The van der Waals surface area contributed by atoms with E-state index in [-0.39, 0.29) is 30.4 Å². The van der Waals surface area contributed by atoms with Crippen LogP contribution in [0.25, 0.3) is 0 Å². The number of methoxy groups -OCH3 is 1. The number of anilines is 2. The Morgan fingerprint density at radius 1 is 1.10 bits per heavy atom. The van der Waals surface area contributed by atoms with Crippen LogP contribution >= 0.6 is 0 Å². The monoisotopic (exact) mass is 394 g/mol. The molecule has 2 amide bonds. The van der Waals surface area contributed by atoms with Crippen molar-refractivity contribution in [3.8, 4) is 5.75 Å². The summed E-state index contributed by atoms with van der Waals surface area (Å²) >= 11 is 0. The van der Waals surface area contributed by atoms with Gasteiger partial charge in [-0.2, -0.15) is 0 Å². The lowest BCUT2D eigenvalue weighted by atomic mass is 10.0. The molecule has 2 aromatic rings. The number of ether oxygens (including phenoxy) is 1. The van der Waals surface area contributed by atoms with Crippen LogP contribution in [-0.4, -0.2) is 31.3 Å². The maximum atomic E-state index is 12.3. The van der Waals surface area contributed by atoms with Crippen LogP contribution < -0.4 is 15.0 Å². The maximum absolute atomic E-state index is 12.3. The molecule has 0 unspecified atom stereocenters. The van der Waals surface area contributed by atoms with Gasteiger partial charge in [0, 0.05) is 43.1 Å². The second-order valence-corrected chi connectivity index (χ2v) is 7.06. The number of hydrogen-bond acceptors (Lipinski definition) is 4. The number of carbonyl (C=O) groups excluding carboxylic acids is 3. The average molecular weight is 394 g/mol. The lowest BCUT2D eigenvalue weighted by molar-refractivity contribution is -0.117. The van der Waals surface area contributed by atoms with E-state index < -0.39 is 0 Å². The Morgan fingerprint density at radius 2 is 1.86 bits per heavy atom. The summed E-state index contributed by atoms with van der Waals surface area (Å²) in [5.41, 5.74) is 3.07. The molecule has 1 saturated heterocycles. The highest BCUT2D eigenvalue weighted by molar-refractivity contribution is 6.00. The van der Waals surface area contributed by atoms with E-state index in [4.69, 9.17) is 4.74 Å². The minimum atomic E-state index is -0.240. The van der Waals surface area contributed by atoms with Gasteiger partial charge in [0.2, 0.25) is 11.8 Å². The van der Waals surface area contributed by atoms with E-state index in [2.05, 4.69) is 12.2 Å². The van der Waals surface area contributed by atoms with Crippen LogP contribution in [0.2, 0.25) is 0 Å². The summed E-state index contributed by atoms with van der Waals surface area (Å²) < 4.78 is 5.40. The SMILES string of the molecule is CCc1ccc(C(=O)CCC(=O)Nc2ccc(N3CCCC3=O)c(OC)c2)cc1. The van der Waals surface area contributed by atoms with E-state index in [0.717, 1.165) is 12.8 Å². The van der Waals surface area contributed by atoms with Crippen LogP contribution in [0.5, 0.6) is 5.75 Å². The normalized spacial score (nSPS) is 13.4. The molecule has 2 aromatic carbocycles. The lowest BCUT2D eigenvalue weighted by Gasteiger charge is -2.19. The summed E-state index contributed by atoms with van der Waals surface area (Å²) in [6, 6.07) is 12.7. The van der Waals surface area contributed by atoms with E-state index >= 15 is 0 Å². The van der Waals surface area contributed by atoms with E-state index in [1.54, 1.807) is 23.1 Å². The molecular weight excluding hydrogens is 368 g/mol. The molecule has 152 valence electrons. The zero-order chi connectivity index (χ0) is 20.8. The molecular formula is C23H26N2O4. The molecule has 1 aliphatic rings. The number of Topliss-reactive ketones (excluding diaryl/α,β-unsaturated/α-hetero) is 1. The van der Waals surface area contributed by atoms with Crippen molar-refractivity contribution in [2.45, 2.75) is 39.0 Å². The first-order valence-electron chi connectivity index (χ1n) is 9.92. The minimum absolute atomic E-state index is 0.0525. The summed E-state index contributed by atoms with van der Waals surface area (Å²) in [6.45, 7) is 2.73. The van der Waals surface area contributed by atoms with Crippen LogP contribution in [0.1, 0.15) is 48.5 Å². The largest absolute Gasteiger partial charge is 0.494 e. The number of nitrogens with zero attached hydrogens (tertiary/aromatic N) is 1. The summed E-state index contributed by atoms with van der Waals surface area (Å²) in [4.78, 5) is 38.2. The summed E-state index contributed by atoms with van der Waals surface area (Å²) in [7, 11) is 1.54. The van der Waals surface area contributed by atoms with Gasteiger partial charge in [0.05, 0.1) is 12.8 Å². The fourth-order valence-electron chi connectivity index (χ4n) is 3.40. The van der Waals surface area contributed by atoms with Crippen molar-refractivity contribution >= 4 is 29.0 Å². The number of nitrogens with one attached hydrogen (secondary N) is 1. The van der Waals surface area contributed by atoms with Crippen molar-refractivity contribution in [3.63, 3.8) is 0 Å². The molecule has 0 aromatic heterocycles. The van der Waals surface area contributed by atoms with Gasteiger partial charge in [0.25, 0.3) is 0 Å². The van der Waals surface area contributed by atoms with Crippen LogP contribution in [-0.2, 0) is 16.0 Å². The third-order valence-electron chi connectivity index (χ3n) is 5.09. The Hall–Kier alpha value is -3.15. The van der Waals surface area contributed by atoms with E-state index in [9.17, 15) is 14.4 Å². The average Bonchev–Trinajstić information content (AvgIpc) is 3.17. The number of carbonyl (C=O) groups is 3. The van der Waals surface area contributed by atoms with Crippen LogP contribution in [0.4, 0.5) is 11.4 Å². The molecule has 29 heavy (non-hydrogen) atoms. The van der Waals surface area contributed by atoms with Crippen molar-refractivity contribution in [1.82, 2.24) is 0 Å². The molecule has 3 rings (SSSR count). The highest BCUT2D eigenvalue weighted by Gasteiger charge is 2.24. The first-order valence-corrected chi connectivity index (χ1v) is 9.92. The van der Waals surface area contributed by atoms with Gasteiger partial charge in [-0.1, -0.05) is 31.2 Å². The lowest BCUT2D eigenvalue weighted by Crippen LogP contribution is -2.24. The summed E-state index contributed by atoms with van der Waals surface area (Å²) in [6.07, 6.45) is 2.54. The van der Waals surface area contributed by atoms with E-state index in [1.165, 1.54) is 12.7 Å². The van der Waals surface area contributed by atoms with Gasteiger partial charge in [-0.3, -0.25) is 14.4 Å². The van der Waals surface area contributed by atoms with E-state index in [1.807, 2.05) is 24.3 Å². The van der Waals surface area contributed by atoms with Crippen molar-refractivity contribution in [2.24, 2.45) is 0 Å². The topological polar surface area (TPSA) is 75.7 Å². The molecule has 0 spiro atoms. The smallest absolute Gasteiger partial charge is 0.227 e. The maximum Gasteiger partial charge on any atom is 0.227 e. The Morgan fingerprint density at radius 3 is 2.48 bits per heavy atom. The molecule has 1 heterocycles. The second-order valence-electron chi connectivity index (χ2n) is 7.06. The Balaban J connectivity index is 1.58. The van der Waals surface area contributed by atoms with Crippen LogP contribution in [0.3, 0.4) is 0 Å². The highest BCUT2D eigenvalue weighted by atomic mass is 16.5. The van der Waals surface area contributed by atoms with Gasteiger partial charge in [-0.25, -0.2) is 0 Å². The Bertz CT molecular complexity index is 906. The van der Waals surface area contributed by atoms with Gasteiger partial charge in [0.1, 0.15) is 5.75 Å². The number of benzene rings is 2. The Kier molecular flexibility index (Phi) is 6.65. The van der Waals surface area contributed by atoms with Gasteiger partial charge < -0.3 is 15.0 Å². The third kappa shape index (κ3) is 5.02. The molecule has 0 saturated carbocycles. The second kappa shape index (κ2) is 9.37. The predicted molar refractivity (Wildman–Crippen MR) is 113 cm³/mol. The molecule has 0 bridgehead atoms. The van der Waals surface area contributed by atoms with Gasteiger partial charge in [-0.05, 0) is 30.5 Å². The number of aryl methyl sites for hydroxylation is 1. The molecule has 1 fully saturated rings. The first-order chi connectivity index (χ1) is 14.0.